The summed E-state index contributed by atoms with van der Waals surface area (Å²) in [6.45, 7) is 8.23. The first-order chi connectivity index (χ1) is 13.5. The van der Waals surface area contributed by atoms with Crippen molar-refractivity contribution in [2.24, 2.45) is 0 Å². The number of amides is 1. The van der Waals surface area contributed by atoms with Crippen molar-refractivity contribution in [1.29, 1.82) is 0 Å². The topological polar surface area (TPSA) is 32.3 Å². The Morgan fingerprint density at radius 2 is 1.79 bits per heavy atom. The van der Waals surface area contributed by atoms with Crippen molar-refractivity contribution in [3.05, 3.63) is 80.5 Å². The average Bonchev–Trinajstić information content (AvgIpc) is 3.14. The molecule has 3 nitrogen and oxygen atoms in total. The van der Waals surface area contributed by atoms with Gasteiger partial charge in [-0.05, 0) is 73.0 Å². The molecule has 0 unspecified atom stereocenters. The molecule has 0 aliphatic carbocycles. The molecular weight excluding hydrogens is 364 g/mol. The maximum atomic E-state index is 12.5. The first kappa shape index (κ1) is 18.8. The molecule has 0 radical (unpaired) electrons. The van der Waals surface area contributed by atoms with Crippen LogP contribution >= 0.6 is 11.3 Å². The fourth-order valence-corrected chi connectivity index (χ4v) is 4.75. The Morgan fingerprint density at radius 1 is 1.07 bits per heavy atom. The third-order valence-corrected chi connectivity index (χ3v) is 6.46. The second-order valence-corrected chi connectivity index (χ2v) is 8.71. The number of aryl methyl sites for hydroxylation is 3. The van der Waals surface area contributed by atoms with Crippen LogP contribution in [0.25, 0.3) is 0 Å². The molecule has 2 aromatic carbocycles. The van der Waals surface area contributed by atoms with Gasteiger partial charge < -0.3 is 10.2 Å². The number of nitrogens with one attached hydrogen (secondary N) is 1. The molecule has 28 heavy (non-hydrogen) atoms. The second-order valence-electron chi connectivity index (χ2n) is 7.71. The molecule has 0 bridgehead atoms. The number of anilines is 2. The highest BCUT2D eigenvalue weighted by Gasteiger charge is 2.19. The van der Waals surface area contributed by atoms with Crippen molar-refractivity contribution >= 4 is 28.6 Å². The van der Waals surface area contributed by atoms with Gasteiger partial charge in [-0.15, -0.1) is 11.3 Å². The summed E-state index contributed by atoms with van der Waals surface area (Å²) in [4.78, 5) is 16.5. The van der Waals surface area contributed by atoms with Crippen LogP contribution < -0.4 is 10.2 Å². The first-order valence-electron chi connectivity index (χ1n) is 9.76. The Hall–Kier alpha value is -2.59. The fraction of sp³-hybridized carbons (Fsp3) is 0.292. The lowest BCUT2D eigenvalue weighted by Crippen LogP contribution is -2.29. The highest BCUT2D eigenvalue weighted by Crippen LogP contribution is 2.32. The van der Waals surface area contributed by atoms with E-state index in [1.165, 1.54) is 21.7 Å². The molecule has 1 aliphatic heterocycles. The van der Waals surface area contributed by atoms with Crippen LogP contribution in [0.15, 0.2) is 47.8 Å². The van der Waals surface area contributed by atoms with E-state index in [9.17, 15) is 4.79 Å². The van der Waals surface area contributed by atoms with Crippen molar-refractivity contribution in [2.75, 3.05) is 16.8 Å². The maximum Gasteiger partial charge on any atom is 0.228 e. The summed E-state index contributed by atoms with van der Waals surface area (Å²) in [6, 6.07) is 14.8. The van der Waals surface area contributed by atoms with Crippen LogP contribution in [0.3, 0.4) is 0 Å². The van der Waals surface area contributed by atoms with Gasteiger partial charge in [0.05, 0.1) is 6.42 Å². The van der Waals surface area contributed by atoms with Crippen LogP contribution in [-0.2, 0) is 24.2 Å². The normalized spacial score (nSPS) is 13.3. The Morgan fingerprint density at radius 3 is 2.50 bits per heavy atom. The predicted molar refractivity (Wildman–Crippen MR) is 119 cm³/mol. The van der Waals surface area contributed by atoms with Gasteiger partial charge in [0.2, 0.25) is 5.91 Å². The summed E-state index contributed by atoms with van der Waals surface area (Å²) >= 11 is 1.87. The smallest absolute Gasteiger partial charge is 0.228 e. The lowest BCUT2D eigenvalue weighted by Gasteiger charge is -2.30. The minimum absolute atomic E-state index is 0.0312. The molecule has 1 aliphatic rings. The molecular formula is C24H26N2OS. The van der Waals surface area contributed by atoms with Gasteiger partial charge in [0.1, 0.15) is 0 Å². The average molecular weight is 391 g/mol. The number of hydrogen-bond donors (Lipinski definition) is 1. The van der Waals surface area contributed by atoms with Gasteiger partial charge in [-0.25, -0.2) is 0 Å². The largest absolute Gasteiger partial charge is 0.367 e. The van der Waals surface area contributed by atoms with Crippen molar-refractivity contribution < 1.29 is 4.79 Å². The molecule has 3 aromatic rings. The number of hydrogen-bond acceptors (Lipinski definition) is 3. The Kier molecular flexibility index (Phi) is 5.23. The molecule has 0 spiro atoms. The predicted octanol–water partition coefficient (Wildman–Crippen LogP) is 5.42. The molecule has 4 rings (SSSR count). The van der Waals surface area contributed by atoms with E-state index in [2.05, 4.69) is 54.6 Å². The van der Waals surface area contributed by atoms with Crippen LogP contribution in [0, 0.1) is 20.8 Å². The number of nitrogens with zero attached hydrogens (tertiary/aromatic N) is 1. The SMILES string of the molecule is Cc1ccc(CC(=O)Nc2c(C)cc(N3CCc4sccc4C3)cc2C)cc1. The highest BCUT2D eigenvalue weighted by molar-refractivity contribution is 7.10. The summed E-state index contributed by atoms with van der Waals surface area (Å²) in [7, 11) is 0. The van der Waals surface area contributed by atoms with Crippen LogP contribution in [-0.4, -0.2) is 12.5 Å². The van der Waals surface area contributed by atoms with Crippen LogP contribution in [0.5, 0.6) is 0 Å². The number of carbonyl (C=O) groups excluding carboxylic acids is 1. The minimum Gasteiger partial charge on any atom is -0.367 e. The quantitative estimate of drug-likeness (QED) is 0.645. The lowest BCUT2D eigenvalue weighted by molar-refractivity contribution is -0.115. The van der Waals surface area contributed by atoms with Crippen molar-refractivity contribution in [2.45, 2.75) is 40.2 Å². The molecule has 0 saturated carbocycles. The van der Waals surface area contributed by atoms with Gasteiger partial charge in [-0.1, -0.05) is 29.8 Å². The van der Waals surface area contributed by atoms with Crippen LogP contribution in [0.1, 0.15) is 32.7 Å². The molecule has 1 aromatic heterocycles. The van der Waals surface area contributed by atoms with Crippen molar-refractivity contribution in [3.8, 4) is 0 Å². The third-order valence-electron chi connectivity index (χ3n) is 5.44. The van der Waals surface area contributed by atoms with E-state index in [1.54, 1.807) is 0 Å². The lowest BCUT2D eigenvalue weighted by atomic mass is 10.0. The van der Waals surface area contributed by atoms with E-state index in [1.807, 2.05) is 35.6 Å². The van der Waals surface area contributed by atoms with E-state index in [0.717, 1.165) is 41.9 Å². The van der Waals surface area contributed by atoms with Crippen LogP contribution in [0.4, 0.5) is 11.4 Å². The summed E-state index contributed by atoms with van der Waals surface area (Å²) in [6.07, 6.45) is 1.51. The molecule has 1 N–H and O–H groups in total. The van der Waals surface area contributed by atoms with Gasteiger partial charge in [0, 0.05) is 29.3 Å². The molecule has 0 saturated heterocycles. The number of benzene rings is 2. The second kappa shape index (κ2) is 7.80. The zero-order chi connectivity index (χ0) is 19.7. The molecule has 4 heteroatoms. The van der Waals surface area contributed by atoms with Gasteiger partial charge in [-0.2, -0.15) is 0 Å². The highest BCUT2D eigenvalue weighted by atomic mass is 32.1. The summed E-state index contributed by atoms with van der Waals surface area (Å²) in [5.74, 6) is 0.0312. The van der Waals surface area contributed by atoms with E-state index in [4.69, 9.17) is 0 Å². The summed E-state index contributed by atoms with van der Waals surface area (Å²) in [5, 5.41) is 5.32. The van der Waals surface area contributed by atoms with E-state index in [-0.39, 0.29) is 5.91 Å². The number of carbonyl (C=O) groups is 1. The van der Waals surface area contributed by atoms with E-state index in [0.29, 0.717) is 6.42 Å². The molecule has 0 fully saturated rings. The zero-order valence-electron chi connectivity index (χ0n) is 16.7. The molecule has 0 atom stereocenters. The summed E-state index contributed by atoms with van der Waals surface area (Å²) < 4.78 is 0. The van der Waals surface area contributed by atoms with Gasteiger partial charge in [0.25, 0.3) is 0 Å². The zero-order valence-corrected chi connectivity index (χ0v) is 17.5. The van der Waals surface area contributed by atoms with Crippen molar-refractivity contribution in [3.63, 3.8) is 0 Å². The fourth-order valence-electron chi connectivity index (χ4n) is 3.86. The van der Waals surface area contributed by atoms with Crippen molar-refractivity contribution in [1.82, 2.24) is 0 Å². The van der Waals surface area contributed by atoms with Gasteiger partial charge >= 0.3 is 0 Å². The number of rotatable bonds is 4. The minimum atomic E-state index is 0.0312. The van der Waals surface area contributed by atoms with E-state index >= 15 is 0 Å². The van der Waals surface area contributed by atoms with Crippen LogP contribution in [0.2, 0.25) is 0 Å². The maximum absolute atomic E-state index is 12.5. The molecule has 144 valence electrons. The third kappa shape index (κ3) is 3.97. The standard InChI is InChI=1S/C24H26N2OS/c1-16-4-6-19(7-5-16)14-23(27)25-24-17(2)12-21(13-18(24)3)26-10-8-22-20(15-26)9-11-28-22/h4-7,9,11-13H,8,10,14-15H2,1-3H3,(H,25,27). The number of thiophene rings is 1. The van der Waals surface area contributed by atoms with E-state index < -0.39 is 0 Å². The molecule has 2 heterocycles. The Bertz CT molecular complexity index is 981. The Labute approximate surface area is 171 Å². The van der Waals surface area contributed by atoms with Gasteiger partial charge in [-0.3, -0.25) is 4.79 Å². The molecule has 1 amide bonds. The number of fused-ring (bicyclic) bond motifs is 1. The summed E-state index contributed by atoms with van der Waals surface area (Å²) in [5.41, 5.74) is 8.10. The monoisotopic (exact) mass is 390 g/mol. The first-order valence-corrected chi connectivity index (χ1v) is 10.6. The Balaban J connectivity index is 1.48. The van der Waals surface area contributed by atoms with Gasteiger partial charge in [0.15, 0.2) is 0 Å².